The average molecular weight is 250 g/mol. The fraction of sp³-hybridized carbons (Fsp3) is 0.625. The van der Waals surface area contributed by atoms with Crippen LogP contribution < -0.4 is 0 Å². The molecule has 0 aromatic heterocycles. The van der Waals surface area contributed by atoms with Crippen molar-refractivity contribution in [2.45, 2.75) is 51.6 Å². The minimum Gasteiger partial charge on any atom is -0.385 e. The van der Waals surface area contributed by atoms with Crippen LogP contribution in [0.2, 0.25) is 0 Å². The van der Waals surface area contributed by atoms with Crippen LogP contribution in [0.4, 0.5) is 4.39 Å². The van der Waals surface area contributed by atoms with E-state index in [1.807, 2.05) is 13.0 Å². The second-order valence-corrected chi connectivity index (χ2v) is 5.72. The Morgan fingerprint density at radius 3 is 2.72 bits per heavy atom. The van der Waals surface area contributed by atoms with Gasteiger partial charge in [-0.15, -0.1) is 0 Å². The Hall–Kier alpha value is -0.890. The largest absolute Gasteiger partial charge is 0.385 e. The molecule has 0 saturated heterocycles. The van der Waals surface area contributed by atoms with Crippen molar-refractivity contribution in [1.29, 1.82) is 0 Å². The van der Waals surface area contributed by atoms with Gasteiger partial charge in [0.2, 0.25) is 0 Å². The molecule has 0 heterocycles. The molecule has 100 valence electrons. The highest BCUT2D eigenvalue weighted by Crippen LogP contribution is 2.43. The molecule has 0 aliphatic heterocycles. The van der Waals surface area contributed by atoms with Crippen LogP contribution in [0.3, 0.4) is 0 Å². The van der Waals surface area contributed by atoms with Gasteiger partial charge in [-0.2, -0.15) is 0 Å². The average Bonchev–Trinajstić information content (AvgIpc) is 2.38. The molecule has 0 radical (unpaired) electrons. The van der Waals surface area contributed by atoms with Gasteiger partial charge in [-0.1, -0.05) is 44.7 Å². The molecule has 0 spiro atoms. The Kier molecular flexibility index (Phi) is 4.06. The maximum atomic E-state index is 13.3. The van der Waals surface area contributed by atoms with E-state index in [1.54, 1.807) is 6.07 Å². The van der Waals surface area contributed by atoms with E-state index in [9.17, 15) is 9.50 Å². The van der Waals surface area contributed by atoms with Gasteiger partial charge in [0.25, 0.3) is 0 Å². The number of halogens is 1. The summed E-state index contributed by atoms with van der Waals surface area (Å²) >= 11 is 0. The van der Waals surface area contributed by atoms with E-state index in [0.717, 1.165) is 12.8 Å². The molecule has 1 saturated carbocycles. The first-order chi connectivity index (χ1) is 8.55. The summed E-state index contributed by atoms with van der Waals surface area (Å²) in [6.45, 7) is 4.03. The summed E-state index contributed by atoms with van der Waals surface area (Å²) in [5.41, 5.74) is -0.198. The first-order valence-corrected chi connectivity index (χ1v) is 7.04. The molecule has 1 aromatic rings. The zero-order valence-corrected chi connectivity index (χ0v) is 11.3. The molecule has 3 atom stereocenters. The molecule has 1 fully saturated rings. The second kappa shape index (κ2) is 5.40. The monoisotopic (exact) mass is 250 g/mol. The van der Waals surface area contributed by atoms with Crippen molar-refractivity contribution in [2.75, 3.05) is 0 Å². The Morgan fingerprint density at radius 2 is 2.06 bits per heavy atom. The number of benzene rings is 1. The molecule has 3 unspecified atom stereocenters. The quantitative estimate of drug-likeness (QED) is 0.850. The van der Waals surface area contributed by atoms with Crippen molar-refractivity contribution < 1.29 is 9.50 Å². The molecule has 18 heavy (non-hydrogen) atoms. The number of hydrogen-bond acceptors (Lipinski definition) is 1. The van der Waals surface area contributed by atoms with E-state index < -0.39 is 5.60 Å². The molecule has 2 rings (SSSR count). The predicted molar refractivity (Wildman–Crippen MR) is 71.7 cm³/mol. The maximum Gasteiger partial charge on any atom is 0.123 e. The molecule has 1 N–H and O–H groups in total. The zero-order valence-electron chi connectivity index (χ0n) is 11.3. The van der Waals surface area contributed by atoms with Gasteiger partial charge in [-0.25, -0.2) is 4.39 Å². The first kappa shape index (κ1) is 13.5. The highest BCUT2D eigenvalue weighted by atomic mass is 19.1. The normalized spacial score (nSPS) is 27.8. The van der Waals surface area contributed by atoms with E-state index in [2.05, 4.69) is 6.92 Å². The number of rotatable bonds is 3. The van der Waals surface area contributed by atoms with E-state index in [1.165, 1.54) is 31.4 Å². The first-order valence-electron chi connectivity index (χ1n) is 7.04. The summed E-state index contributed by atoms with van der Waals surface area (Å²) in [5.74, 6) is 0.534. The Labute approximate surface area is 109 Å². The molecule has 2 heteroatoms. The molecule has 0 bridgehead atoms. The minimum atomic E-state index is -0.913. The Morgan fingerprint density at radius 1 is 1.33 bits per heavy atom. The van der Waals surface area contributed by atoms with Crippen molar-refractivity contribution in [3.05, 3.63) is 35.6 Å². The van der Waals surface area contributed by atoms with Crippen molar-refractivity contribution in [3.8, 4) is 0 Å². The van der Waals surface area contributed by atoms with Crippen LogP contribution in [0, 0.1) is 17.7 Å². The lowest BCUT2D eigenvalue weighted by Crippen LogP contribution is -2.38. The third-order valence-electron chi connectivity index (χ3n) is 4.56. The van der Waals surface area contributed by atoms with Gasteiger partial charge >= 0.3 is 0 Å². The van der Waals surface area contributed by atoms with Crippen LogP contribution in [0.15, 0.2) is 24.3 Å². The van der Waals surface area contributed by atoms with Crippen LogP contribution in [0.1, 0.15) is 51.5 Å². The fourth-order valence-electron chi connectivity index (χ4n) is 3.45. The van der Waals surface area contributed by atoms with Crippen LogP contribution in [0.25, 0.3) is 0 Å². The molecule has 0 amide bonds. The molecule has 1 nitrogen and oxygen atoms in total. The molecule has 1 aromatic carbocycles. The molecule has 1 aliphatic carbocycles. The summed E-state index contributed by atoms with van der Waals surface area (Å²) in [7, 11) is 0. The van der Waals surface area contributed by atoms with Crippen molar-refractivity contribution in [1.82, 2.24) is 0 Å². The third-order valence-corrected chi connectivity index (χ3v) is 4.56. The Bertz CT molecular complexity index is 400. The van der Waals surface area contributed by atoms with E-state index in [4.69, 9.17) is 0 Å². The van der Waals surface area contributed by atoms with Gasteiger partial charge in [0.05, 0.1) is 5.60 Å². The van der Waals surface area contributed by atoms with Gasteiger partial charge in [-0.05, 0) is 42.9 Å². The SMILES string of the molecule is CCC1CCCCC1C(C)(O)c1cccc(F)c1. The zero-order chi connectivity index (χ0) is 13.2. The van der Waals surface area contributed by atoms with Crippen molar-refractivity contribution in [2.24, 2.45) is 11.8 Å². The number of hydrogen-bond donors (Lipinski definition) is 1. The lowest BCUT2D eigenvalue weighted by molar-refractivity contribution is -0.0490. The predicted octanol–water partition coefficient (Wildman–Crippen LogP) is 4.25. The third kappa shape index (κ3) is 2.59. The van der Waals surface area contributed by atoms with E-state index in [-0.39, 0.29) is 11.7 Å². The minimum absolute atomic E-state index is 0.248. The highest BCUT2D eigenvalue weighted by Gasteiger charge is 2.39. The maximum absolute atomic E-state index is 13.3. The molecule has 1 aliphatic rings. The smallest absolute Gasteiger partial charge is 0.123 e. The highest BCUT2D eigenvalue weighted by molar-refractivity contribution is 5.24. The summed E-state index contributed by atoms with van der Waals surface area (Å²) in [5, 5.41) is 10.9. The summed E-state index contributed by atoms with van der Waals surface area (Å²) in [4.78, 5) is 0. The van der Waals surface area contributed by atoms with Crippen LogP contribution in [0.5, 0.6) is 0 Å². The summed E-state index contributed by atoms with van der Waals surface area (Å²) in [6, 6.07) is 6.42. The summed E-state index contributed by atoms with van der Waals surface area (Å²) in [6.07, 6.45) is 5.76. The van der Waals surface area contributed by atoms with E-state index >= 15 is 0 Å². The van der Waals surface area contributed by atoms with Gasteiger partial charge in [0, 0.05) is 0 Å². The van der Waals surface area contributed by atoms with Gasteiger partial charge in [-0.3, -0.25) is 0 Å². The standard InChI is InChI=1S/C16H23FO/c1-3-12-7-4-5-10-15(12)16(2,18)13-8-6-9-14(17)11-13/h6,8-9,11-12,15,18H,3-5,7,10H2,1-2H3. The van der Waals surface area contributed by atoms with Gasteiger partial charge in [0.1, 0.15) is 5.82 Å². The van der Waals surface area contributed by atoms with Crippen LogP contribution >= 0.6 is 0 Å². The molecular weight excluding hydrogens is 227 g/mol. The Balaban J connectivity index is 2.28. The lowest BCUT2D eigenvalue weighted by Gasteiger charge is -2.41. The topological polar surface area (TPSA) is 20.2 Å². The van der Waals surface area contributed by atoms with E-state index in [0.29, 0.717) is 11.5 Å². The van der Waals surface area contributed by atoms with Crippen molar-refractivity contribution >= 4 is 0 Å². The summed E-state index contributed by atoms with van der Waals surface area (Å²) < 4.78 is 13.3. The number of aliphatic hydroxyl groups is 1. The fourth-order valence-corrected chi connectivity index (χ4v) is 3.45. The lowest BCUT2D eigenvalue weighted by atomic mass is 9.67. The van der Waals surface area contributed by atoms with Crippen LogP contribution in [-0.4, -0.2) is 5.11 Å². The second-order valence-electron chi connectivity index (χ2n) is 5.72. The van der Waals surface area contributed by atoms with Crippen LogP contribution in [-0.2, 0) is 5.60 Å². The van der Waals surface area contributed by atoms with Gasteiger partial charge in [0.15, 0.2) is 0 Å². The van der Waals surface area contributed by atoms with Crippen molar-refractivity contribution in [3.63, 3.8) is 0 Å². The molecular formula is C16H23FO. The van der Waals surface area contributed by atoms with Gasteiger partial charge < -0.3 is 5.11 Å².